The number of nitrogens with zero attached hydrogens (tertiary/aromatic N) is 2. The zero-order valence-electron chi connectivity index (χ0n) is 12.3. The minimum atomic E-state index is 0.263. The summed E-state index contributed by atoms with van der Waals surface area (Å²) in [7, 11) is 0. The van der Waals surface area contributed by atoms with Crippen LogP contribution in [0.3, 0.4) is 0 Å². The highest BCUT2D eigenvalue weighted by molar-refractivity contribution is 5.80. The number of benzene rings is 2. The van der Waals surface area contributed by atoms with Crippen LogP contribution >= 0.6 is 0 Å². The highest BCUT2D eigenvalue weighted by atomic mass is 16.5. The van der Waals surface area contributed by atoms with Crippen LogP contribution in [0.4, 0.5) is 5.95 Å². The summed E-state index contributed by atoms with van der Waals surface area (Å²) in [6.45, 7) is 4.74. The Morgan fingerprint density at radius 1 is 1.14 bits per heavy atom. The average Bonchev–Trinajstić information content (AvgIpc) is 2.81. The molecule has 0 bridgehead atoms. The van der Waals surface area contributed by atoms with Crippen molar-refractivity contribution in [3.63, 3.8) is 0 Å². The van der Waals surface area contributed by atoms with Crippen LogP contribution in [0.15, 0.2) is 48.5 Å². The van der Waals surface area contributed by atoms with Gasteiger partial charge in [0.05, 0.1) is 11.0 Å². The zero-order valence-corrected chi connectivity index (χ0v) is 12.3. The molecule has 108 valence electrons. The lowest BCUT2D eigenvalue weighted by molar-refractivity contribution is 0.306. The standard InChI is InChI=1S/C17H19N3O/c1-12(2)20-16-10-14(8-9-15(16)19-17(20)18)21-11-13-6-4-3-5-7-13/h3-10,12H,11H2,1-2H3,(H2,18,19). The van der Waals surface area contributed by atoms with Gasteiger partial charge in [-0.15, -0.1) is 0 Å². The van der Waals surface area contributed by atoms with Crippen molar-refractivity contribution in [1.29, 1.82) is 0 Å². The first-order valence-electron chi connectivity index (χ1n) is 7.09. The van der Waals surface area contributed by atoms with E-state index in [-0.39, 0.29) is 6.04 Å². The molecule has 0 amide bonds. The maximum absolute atomic E-state index is 5.98. The van der Waals surface area contributed by atoms with Crippen LogP contribution in [0, 0.1) is 0 Å². The number of imidazole rings is 1. The van der Waals surface area contributed by atoms with Gasteiger partial charge in [0.25, 0.3) is 0 Å². The van der Waals surface area contributed by atoms with Crippen LogP contribution in [0.25, 0.3) is 11.0 Å². The number of rotatable bonds is 4. The topological polar surface area (TPSA) is 53.1 Å². The third kappa shape index (κ3) is 2.70. The summed E-state index contributed by atoms with van der Waals surface area (Å²) in [5.41, 5.74) is 9.03. The summed E-state index contributed by atoms with van der Waals surface area (Å²) in [6.07, 6.45) is 0. The van der Waals surface area contributed by atoms with Crippen LogP contribution in [-0.4, -0.2) is 9.55 Å². The average molecular weight is 281 g/mol. The Labute approximate surface area is 124 Å². The molecule has 0 aliphatic carbocycles. The second-order valence-electron chi connectivity index (χ2n) is 5.36. The van der Waals surface area contributed by atoms with Crippen molar-refractivity contribution < 1.29 is 4.74 Å². The van der Waals surface area contributed by atoms with E-state index < -0.39 is 0 Å². The Hall–Kier alpha value is -2.49. The fraction of sp³-hybridized carbons (Fsp3) is 0.235. The fourth-order valence-electron chi connectivity index (χ4n) is 2.46. The third-order valence-electron chi connectivity index (χ3n) is 3.45. The van der Waals surface area contributed by atoms with Gasteiger partial charge in [-0.1, -0.05) is 30.3 Å². The molecule has 3 aromatic rings. The Balaban J connectivity index is 1.88. The first-order valence-corrected chi connectivity index (χ1v) is 7.09. The van der Waals surface area contributed by atoms with Crippen molar-refractivity contribution in [3.05, 3.63) is 54.1 Å². The van der Waals surface area contributed by atoms with E-state index in [9.17, 15) is 0 Å². The van der Waals surface area contributed by atoms with Gasteiger partial charge in [-0.25, -0.2) is 4.98 Å². The monoisotopic (exact) mass is 281 g/mol. The van der Waals surface area contributed by atoms with Crippen molar-refractivity contribution in [3.8, 4) is 5.75 Å². The minimum Gasteiger partial charge on any atom is -0.489 e. The number of hydrogen-bond donors (Lipinski definition) is 1. The van der Waals surface area contributed by atoms with Crippen LogP contribution < -0.4 is 10.5 Å². The second kappa shape index (κ2) is 5.48. The summed E-state index contributed by atoms with van der Waals surface area (Å²) in [4.78, 5) is 4.38. The van der Waals surface area contributed by atoms with Crippen molar-refractivity contribution >= 4 is 17.0 Å². The van der Waals surface area contributed by atoms with Crippen LogP contribution in [0.5, 0.6) is 5.75 Å². The van der Waals surface area contributed by atoms with E-state index in [1.54, 1.807) is 0 Å². The second-order valence-corrected chi connectivity index (χ2v) is 5.36. The number of nitrogens with two attached hydrogens (primary N) is 1. The van der Waals surface area contributed by atoms with Gasteiger partial charge in [-0.3, -0.25) is 0 Å². The van der Waals surface area contributed by atoms with Crippen molar-refractivity contribution in [1.82, 2.24) is 9.55 Å². The van der Waals surface area contributed by atoms with Gasteiger partial charge >= 0.3 is 0 Å². The van der Waals surface area contributed by atoms with Crippen molar-refractivity contribution in [2.45, 2.75) is 26.5 Å². The predicted molar refractivity (Wildman–Crippen MR) is 85.3 cm³/mol. The fourth-order valence-corrected chi connectivity index (χ4v) is 2.46. The first kappa shape index (κ1) is 13.5. The molecular weight excluding hydrogens is 262 g/mol. The van der Waals surface area contributed by atoms with Gasteiger partial charge < -0.3 is 15.0 Å². The van der Waals surface area contributed by atoms with Crippen LogP contribution in [0.1, 0.15) is 25.5 Å². The quantitative estimate of drug-likeness (QED) is 0.791. The summed E-state index contributed by atoms with van der Waals surface area (Å²) >= 11 is 0. The van der Waals surface area contributed by atoms with E-state index in [2.05, 4.69) is 31.0 Å². The highest BCUT2D eigenvalue weighted by Crippen LogP contribution is 2.26. The van der Waals surface area contributed by atoms with E-state index >= 15 is 0 Å². The maximum atomic E-state index is 5.98. The van der Waals surface area contributed by atoms with Gasteiger partial charge in [0.1, 0.15) is 12.4 Å². The molecule has 0 spiro atoms. The van der Waals surface area contributed by atoms with E-state index in [0.717, 1.165) is 22.3 Å². The lowest BCUT2D eigenvalue weighted by Crippen LogP contribution is -2.05. The minimum absolute atomic E-state index is 0.263. The number of aromatic nitrogens is 2. The zero-order chi connectivity index (χ0) is 14.8. The third-order valence-corrected chi connectivity index (χ3v) is 3.45. The van der Waals surface area contributed by atoms with Gasteiger partial charge in [-0.05, 0) is 31.5 Å². The molecule has 2 N–H and O–H groups in total. The molecule has 1 heterocycles. The molecule has 2 aromatic carbocycles. The lowest BCUT2D eigenvalue weighted by atomic mass is 10.2. The van der Waals surface area contributed by atoms with E-state index in [1.807, 2.05) is 41.0 Å². The van der Waals surface area contributed by atoms with Gasteiger partial charge in [0, 0.05) is 12.1 Å². The molecule has 21 heavy (non-hydrogen) atoms. The summed E-state index contributed by atoms with van der Waals surface area (Å²) in [5, 5.41) is 0. The Morgan fingerprint density at radius 3 is 2.62 bits per heavy atom. The molecule has 3 rings (SSSR count). The normalized spacial score (nSPS) is 11.2. The van der Waals surface area contributed by atoms with E-state index in [1.165, 1.54) is 0 Å². The molecule has 0 atom stereocenters. The molecule has 0 saturated heterocycles. The largest absolute Gasteiger partial charge is 0.489 e. The molecule has 0 unspecified atom stereocenters. The van der Waals surface area contributed by atoms with Crippen LogP contribution in [0.2, 0.25) is 0 Å². The number of ether oxygens (including phenoxy) is 1. The molecule has 0 aliphatic rings. The Bertz CT molecular complexity index is 747. The molecule has 4 heteroatoms. The van der Waals surface area contributed by atoms with Crippen molar-refractivity contribution in [2.75, 3.05) is 5.73 Å². The van der Waals surface area contributed by atoms with Gasteiger partial charge in [0.2, 0.25) is 5.95 Å². The molecule has 0 fully saturated rings. The van der Waals surface area contributed by atoms with Crippen LogP contribution in [-0.2, 0) is 6.61 Å². The Kier molecular flexibility index (Phi) is 3.52. The van der Waals surface area contributed by atoms with Crippen molar-refractivity contribution in [2.24, 2.45) is 0 Å². The molecule has 4 nitrogen and oxygen atoms in total. The molecule has 1 aromatic heterocycles. The summed E-state index contributed by atoms with van der Waals surface area (Å²) in [5.74, 6) is 1.37. The smallest absolute Gasteiger partial charge is 0.201 e. The maximum Gasteiger partial charge on any atom is 0.201 e. The number of fused-ring (bicyclic) bond motifs is 1. The van der Waals surface area contributed by atoms with Gasteiger partial charge in [0.15, 0.2) is 0 Å². The molecule has 0 aliphatic heterocycles. The molecule has 0 saturated carbocycles. The summed E-state index contributed by atoms with van der Waals surface area (Å²) in [6, 6.07) is 16.3. The lowest BCUT2D eigenvalue weighted by Gasteiger charge is -2.11. The highest BCUT2D eigenvalue weighted by Gasteiger charge is 2.11. The molecule has 0 radical (unpaired) electrons. The SMILES string of the molecule is CC(C)n1c(N)nc2ccc(OCc3ccccc3)cc21. The first-order chi connectivity index (χ1) is 10.1. The summed E-state index contributed by atoms with van der Waals surface area (Å²) < 4.78 is 7.88. The van der Waals surface area contributed by atoms with E-state index in [0.29, 0.717) is 12.6 Å². The number of nitrogen functional groups attached to an aromatic ring is 1. The van der Waals surface area contributed by atoms with E-state index in [4.69, 9.17) is 10.5 Å². The molecular formula is C17H19N3O. The number of anilines is 1. The van der Waals surface area contributed by atoms with Gasteiger partial charge in [-0.2, -0.15) is 0 Å². The Morgan fingerprint density at radius 2 is 1.90 bits per heavy atom. The number of hydrogen-bond acceptors (Lipinski definition) is 3. The predicted octanol–water partition coefficient (Wildman–Crippen LogP) is 3.78.